The smallest absolute Gasteiger partial charge is 0.169 e. The van der Waals surface area contributed by atoms with Crippen LogP contribution in [-0.4, -0.2) is 5.78 Å². The average molecular weight is 186 g/mol. The van der Waals surface area contributed by atoms with Gasteiger partial charge in [-0.2, -0.15) is 0 Å². The van der Waals surface area contributed by atoms with Crippen molar-refractivity contribution in [2.75, 3.05) is 0 Å². The summed E-state index contributed by atoms with van der Waals surface area (Å²) in [5.41, 5.74) is 0.639. The number of carbonyl (C=O) groups excluding carboxylic acids is 1. The highest BCUT2D eigenvalue weighted by molar-refractivity contribution is 6.00. The van der Waals surface area contributed by atoms with E-state index in [1.165, 1.54) is 0 Å². The number of ketones is 1. The molecule has 0 saturated heterocycles. The summed E-state index contributed by atoms with van der Waals surface area (Å²) in [4.78, 5) is 12.1. The van der Waals surface area contributed by atoms with Crippen molar-refractivity contribution in [2.45, 2.75) is 19.8 Å². The molecule has 0 fully saturated rings. The molecule has 0 aromatic heterocycles. The van der Waals surface area contributed by atoms with E-state index in [-0.39, 0.29) is 11.2 Å². The zero-order valence-corrected chi connectivity index (χ0v) is 8.36. The van der Waals surface area contributed by atoms with Gasteiger partial charge >= 0.3 is 0 Å². The molecule has 1 aliphatic rings. The Bertz CT molecular complexity index is 354. The third-order valence-corrected chi connectivity index (χ3v) is 2.89. The normalized spacial score (nSPS) is 18.4. The van der Waals surface area contributed by atoms with Gasteiger partial charge in [-0.15, -0.1) is 0 Å². The first-order valence-electron chi connectivity index (χ1n) is 4.97. The second-order valence-electron chi connectivity index (χ2n) is 4.14. The fraction of sp³-hybridized carbons (Fsp3) is 0.308. The quantitative estimate of drug-likeness (QED) is 0.512. The molecule has 1 aliphatic carbocycles. The summed E-state index contributed by atoms with van der Waals surface area (Å²) in [6.45, 7) is 2.04. The molecule has 0 aliphatic heterocycles. The van der Waals surface area contributed by atoms with Crippen molar-refractivity contribution in [1.82, 2.24) is 0 Å². The van der Waals surface area contributed by atoms with E-state index in [1.54, 1.807) is 0 Å². The number of hydrogen-bond donors (Lipinski definition) is 0. The second-order valence-corrected chi connectivity index (χ2v) is 4.14. The van der Waals surface area contributed by atoms with Crippen molar-refractivity contribution < 1.29 is 4.79 Å². The monoisotopic (exact) mass is 186 g/mol. The van der Waals surface area contributed by atoms with Crippen LogP contribution in [0.5, 0.6) is 0 Å². The molecular formula is C13H14O. The molecule has 1 heteroatoms. The third kappa shape index (κ3) is 1.50. The number of benzene rings is 1. The molecule has 0 amide bonds. The molecule has 1 aromatic carbocycles. The lowest BCUT2D eigenvalue weighted by molar-refractivity contribution is 0.0831. The van der Waals surface area contributed by atoms with Gasteiger partial charge in [-0.25, -0.2) is 0 Å². The standard InChI is InChI=1S/C13H14O/c1-13(9-5-6-10-13)12(14)11-7-3-2-4-8-11/h2-8H,9-10H2,1H3. The first-order valence-corrected chi connectivity index (χ1v) is 4.97. The number of hydrogen-bond acceptors (Lipinski definition) is 1. The van der Waals surface area contributed by atoms with E-state index in [2.05, 4.69) is 12.2 Å². The van der Waals surface area contributed by atoms with Crippen molar-refractivity contribution in [3.05, 3.63) is 48.0 Å². The molecule has 0 saturated carbocycles. The Kier molecular flexibility index (Phi) is 2.24. The van der Waals surface area contributed by atoms with Crippen LogP contribution >= 0.6 is 0 Å². The van der Waals surface area contributed by atoms with Gasteiger partial charge in [0.1, 0.15) is 0 Å². The largest absolute Gasteiger partial charge is 0.294 e. The highest BCUT2D eigenvalue weighted by Crippen LogP contribution is 2.35. The van der Waals surface area contributed by atoms with E-state index in [0.29, 0.717) is 0 Å². The maximum atomic E-state index is 12.1. The Hall–Kier alpha value is -1.37. The highest BCUT2D eigenvalue weighted by atomic mass is 16.1. The first kappa shape index (κ1) is 9.20. The van der Waals surface area contributed by atoms with E-state index in [1.807, 2.05) is 37.3 Å². The minimum absolute atomic E-state index is 0.193. The van der Waals surface area contributed by atoms with Gasteiger partial charge in [-0.05, 0) is 12.8 Å². The molecular weight excluding hydrogens is 172 g/mol. The van der Waals surface area contributed by atoms with Crippen LogP contribution in [0.15, 0.2) is 42.5 Å². The number of allylic oxidation sites excluding steroid dienone is 2. The van der Waals surface area contributed by atoms with Crippen LogP contribution in [0, 0.1) is 5.41 Å². The van der Waals surface area contributed by atoms with Crippen LogP contribution in [0.1, 0.15) is 30.1 Å². The van der Waals surface area contributed by atoms with E-state index in [9.17, 15) is 4.79 Å². The van der Waals surface area contributed by atoms with Crippen molar-refractivity contribution in [2.24, 2.45) is 5.41 Å². The van der Waals surface area contributed by atoms with Crippen LogP contribution in [0.2, 0.25) is 0 Å². The minimum Gasteiger partial charge on any atom is -0.294 e. The number of carbonyl (C=O) groups is 1. The summed E-state index contributed by atoms with van der Waals surface area (Å²) in [6.07, 6.45) is 5.95. The van der Waals surface area contributed by atoms with E-state index >= 15 is 0 Å². The lowest BCUT2D eigenvalue weighted by Gasteiger charge is -2.21. The van der Waals surface area contributed by atoms with Gasteiger partial charge in [0, 0.05) is 11.0 Å². The second kappa shape index (κ2) is 3.41. The molecule has 1 aromatic rings. The van der Waals surface area contributed by atoms with E-state index in [0.717, 1.165) is 18.4 Å². The van der Waals surface area contributed by atoms with Gasteiger partial charge in [0.25, 0.3) is 0 Å². The van der Waals surface area contributed by atoms with E-state index < -0.39 is 0 Å². The van der Waals surface area contributed by atoms with Gasteiger partial charge < -0.3 is 0 Å². The molecule has 1 nitrogen and oxygen atoms in total. The van der Waals surface area contributed by atoms with Crippen LogP contribution in [0.3, 0.4) is 0 Å². The SMILES string of the molecule is CC1(C(=O)c2ccccc2)CC=CC1. The Balaban J connectivity index is 2.25. The minimum atomic E-state index is -0.193. The zero-order chi connectivity index (χ0) is 10.0. The van der Waals surface area contributed by atoms with Crippen molar-refractivity contribution in [3.63, 3.8) is 0 Å². The predicted molar refractivity (Wildman–Crippen MR) is 57.3 cm³/mol. The molecule has 0 unspecified atom stereocenters. The Morgan fingerprint density at radius 2 is 1.71 bits per heavy atom. The van der Waals surface area contributed by atoms with Crippen molar-refractivity contribution in [1.29, 1.82) is 0 Å². The molecule has 2 rings (SSSR count). The fourth-order valence-electron chi connectivity index (χ4n) is 1.89. The fourth-order valence-corrected chi connectivity index (χ4v) is 1.89. The molecule has 0 bridgehead atoms. The molecule has 0 N–H and O–H groups in total. The summed E-state index contributed by atoms with van der Waals surface area (Å²) < 4.78 is 0. The zero-order valence-electron chi connectivity index (χ0n) is 8.36. The van der Waals surface area contributed by atoms with Gasteiger partial charge in [0.2, 0.25) is 0 Å². The summed E-state index contributed by atoms with van der Waals surface area (Å²) in [6, 6.07) is 9.56. The van der Waals surface area contributed by atoms with Crippen LogP contribution in [0.25, 0.3) is 0 Å². The average Bonchev–Trinajstić information content (AvgIpc) is 2.67. The maximum absolute atomic E-state index is 12.1. The Morgan fingerprint density at radius 3 is 2.29 bits per heavy atom. The van der Waals surface area contributed by atoms with Crippen molar-refractivity contribution in [3.8, 4) is 0 Å². The Labute approximate surface area is 84.5 Å². The molecule has 0 radical (unpaired) electrons. The van der Waals surface area contributed by atoms with E-state index in [4.69, 9.17) is 0 Å². The van der Waals surface area contributed by atoms with Crippen LogP contribution in [0.4, 0.5) is 0 Å². The predicted octanol–water partition coefficient (Wildman–Crippen LogP) is 3.23. The molecule has 0 spiro atoms. The van der Waals surface area contributed by atoms with Crippen LogP contribution < -0.4 is 0 Å². The molecule has 0 heterocycles. The molecule has 0 atom stereocenters. The van der Waals surface area contributed by atoms with Gasteiger partial charge in [-0.3, -0.25) is 4.79 Å². The molecule has 72 valence electrons. The summed E-state index contributed by atoms with van der Waals surface area (Å²) in [5, 5.41) is 0. The van der Waals surface area contributed by atoms with Gasteiger partial charge in [0.05, 0.1) is 0 Å². The lowest BCUT2D eigenvalue weighted by Crippen LogP contribution is -2.24. The van der Waals surface area contributed by atoms with Gasteiger partial charge in [0.15, 0.2) is 5.78 Å². The summed E-state index contributed by atoms with van der Waals surface area (Å²) in [5.74, 6) is 0.267. The maximum Gasteiger partial charge on any atom is 0.169 e. The third-order valence-electron chi connectivity index (χ3n) is 2.89. The highest BCUT2D eigenvalue weighted by Gasteiger charge is 2.33. The van der Waals surface area contributed by atoms with Gasteiger partial charge in [-0.1, -0.05) is 49.4 Å². The lowest BCUT2D eigenvalue weighted by atomic mass is 9.80. The van der Waals surface area contributed by atoms with Crippen LogP contribution in [-0.2, 0) is 0 Å². The Morgan fingerprint density at radius 1 is 1.14 bits per heavy atom. The molecule has 14 heavy (non-hydrogen) atoms. The number of rotatable bonds is 2. The topological polar surface area (TPSA) is 17.1 Å². The first-order chi connectivity index (χ1) is 6.72. The number of Topliss-reactive ketones (excluding diaryl/α,β-unsaturated/α-hetero) is 1. The summed E-state index contributed by atoms with van der Waals surface area (Å²) in [7, 11) is 0. The van der Waals surface area contributed by atoms with Crippen molar-refractivity contribution >= 4 is 5.78 Å². The summed E-state index contributed by atoms with van der Waals surface area (Å²) >= 11 is 0.